The van der Waals surface area contributed by atoms with Gasteiger partial charge in [-0.15, -0.1) is 0 Å². The first-order valence-electron chi connectivity index (χ1n) is 6.16. The molecule has 19 heavy (non-hydrogen) atoms. The Hall–Kier alpha value is -2.00. The second-order valence-electron chi connectivity index (χ2n) is 4.73. The highest BCUT2D eigenvalue weighted by Crippen LogP contribution is 2.10. The molecule has 0 aliphatic heterocycles. The van der Waals surface area contributed by atoms with Gasteiger partial charge in [0.05, 0.1) is 11.8 Å². The third-order valence-corrected chi connectivity index (χ3v) is 2.56. The summed E-state index contributed by atoms with van der Waals surface area (Å²) in [5, 5.41) is 17.7. The van der Waals surface area contributed by atoms with Gasteiger partial charge in [0.25, 0.3) is 0 Å². The van der Waals surface area contributed by atoms with E-state index in [2.05, 4.69) is 29.9 Å². The number of aromatic nitrogens is 2. The standard InChI is InChI=1S/C13H18N4O2/c1-10(2)7-17(5-3-4-14)8-12-11(13(18)19)6-15-9-16-12/h6,9-10H,3,5,7-8H2,1-2H3,(H,18,19). The zero-order chi connectivity index (χ0) is 14.3. The number of nitriles is 1. The van der Waals surface area contributed by atoms with Crippen molar-refractivity contribution in [1.29, 1.82) is 5.26 Å². The van der Waals surface area contributed by atoms with Crippen LogP contribution >= 0.6 is 0 Å². The third-order valence-electron chi connectivity index (χ3n) is 2.56. The second-order valence-corrected chi connectivity index (χ2v) is 4.73. The fourth-order valence-electron chi connectivity index (χ4n) is 1.83. The Kier molecular flexibility index (Phi) is 5.90. The van der Waals surface area contributed by atoms with E-state index in [1.165, 1.54) is 12.5 Å². The summed E-state index contributed by atoms with van der Waals surface area (Å²) in [7, 11) is 0. The van der Waals surface area contributed by atoms with Crippen LogP contribution in [0.3, 0.4) is 0 Å². The highest BCUT2D eigenvalue weighted by Gasteiger charge is 2.15. The molecular weight excluding hydrogens is 244 g/mol. The van der Waals surface area contributed by atoms with Crippen LogP contribution in [-0.4, -0.2) is 39.0 Å². The molecule has 1 rings (SSSR count). The van der Waals surface area contributed by atoms with E-state index in [0.717, 1.165) is 6.54 Å². The van der Waals surface area contributed by atoms with Gasteiger partial charge in [0.2, 0.25) is 0 Å². The van der Waals surface area contributed by atoms with Gasteiger partial charge in [0.15, 0.2) is 0 Å². The van der Waals surface area contributed by atoms with Crippen molar-refractivity contribution in [2.75, 3.05) is 13.1 Å². The molecule has 0 aromatic carbocycles. The predicted molar refractivity (Wildman–Crippen MR) is 69.3 cm³/mol. The van der Waals surface area contributed by atoms with Crippen molar-refractivity contribution in [3.63, 3.8) is 0 Å². The van der Waals surface area contributed by atoms with E-state index in [1.807, 2.05) is 4.90 Å². The van der Waals surface area contributed by atoms with Crippen molar-refractivity contribution >= 4 is 5.97 Å². The van der Waals surface area contributed by atoms with Crippen LogP contribution in [0.5, 0.6) is 0 Å². The largest absolute Gasteiger partial charge is 0.478 e. The first-order valence-corrected chi connectivity index (χ1v) is 6.16. The maximum atomic E-state index is 11.1. The highest BCUT2D eigenvalue weighted by molar-refractivity contribution is 5.88. The number of rotatable bonds is 7. The van der Waals surface area contributed by atoms with Gasteiger partial charge in [-0.25, -0.2) is 14.8 Å². The third kappa shape index (κ3) is 5.02. The summed E-state index contributed by atoms with van der Waals surface area (Å²) in [5.74, 6) is -0.589. The average molecular weight is 262 g/mol. The molecule has 0 aliphatic rings. The summed E-state index contributed by atoms with van der Waals surface area (Å²) < 4.78 is 0. The topological polar surface area (TPSA) is 90.1 Å². The SMILES string of the molecule is CC(C)CN(CCC#N)Cc1ncncc1C(=O)O. The van der Waals surface area contributed by atoms with E-state index in [4.69, 9.17) is 10.4 Å². The zero-order valence-corrected chi connectivity index (χ0v) is 11.2. The first-order chi connectivity index (χ1) is 9.04. The molecule has 6 nitrogen and oxygen atoms in total. The molecule has 0 bridgehead atoms. The summed E-state index contributed by atoms with van der Waals surface area (Å²) in [5.41, 5.74) is 0.606. The van der Waals surface area contributed by atoms with Gasteiger partial charge in [-0.2, -0.15) is 5.26 Å². The first kappa shape index (κ1) is 15.1. The number of carboxylic acid groups (broad SMARTS) is 1. The van der Waals surface area contributed by atoms with Gasteiger partial charge in [0.1, 0.15) is 11.9 Å². The Morgan fingerprint density at radius 3 is 2.89 bits per heavy atom. The lowest BCUT2D eigenvalue weighted by atomic mass is 10.1. The van der Waals surface area contributed by atoms with Crippen LogP contribution in [0, 0.1) is 17.2 Å². The molecule has 0 unspecified atom stereocenters. The van der Waals surface area contributed by atoms with E-state index in [1.54, 1.807) is 0 Å². The predicted octanol–water partition coefficient (Wildman–Crippen LogP) is 1.55. The molecule has 0 radical (unpaired) electrons. The molecule has 0 spiro atoms. The second kappa shape index (κ2) is 7.44. The molecule has 1 aromatic heterocycles. The maximum Gasteiger partial charge on any atom is 0.339 e. The Balaban J connectivity index is 2.83. The normalized spacial score (nSPS) is 10.7. The molecule has 0 amide bonds. The number of hydrogen-bond donors (Lipinski definition) is 1. The fraction of sp³-hybridized carbons (Fsp3) is 0.538. The summed E-state index contributed by atoms with van der Waals surface area (Å²) in [6, 6.07) is 2.10. The lowest BCUT2D eigenvalue weighted by Gasteiger charge is -2.23. The minimum Gasteiger partial charge on any atom is -0.478 e. The molecule has 0 atom stereocenters. The number of hydrogen-bond acceptors (Lipinski definition) is 5. The van der Waals surface area contributed by atoms with Crippen molar-refractivity contribution < 1.29 is 9.90 Å². The van der Waals surface area contributed by atoms with Crippen molar-refractivity contribution in [3.05, 3.63) is 23.8 Å². The van der Waals surface area contributed by atoms with Crippen molar-refractivity contribution in [3.8, 4) is 6.07 Å². The molecule has 0 fully saturated rings. The minimum absolute atomic E-state index is 0.119. The average Bonchev–Trinajstić information content (AvgIpc) is 2.35. The molecule has 1 aromatic rings. The molecule has 102 valence electrons. The zero-order valence-electron chi connectivity index (χ0n) is 11.2. The Morgan fingerprint density at radius 1 is 1.58 bits per heavy atom. The minimum atomic E-state index is -1.03. The molecule has 6 heteroatoms. The van der Waals surface area contributed by atoms with Crippen LogP contribution in [0.1, 0.15) is 36.3 Å². The summed E-state index contributed by atoms with van der Waals surface area (Å²) in [6.07, 6.45) is 3.07. The quantitative estimate of drug-likeness (QED) is 0.801. The Labute approximate surface area is 112 Å². The summed E-state index contributed by atoms with van der Waals surface area (Å²) in [6.45, 7) is 5.99. The fourth-order valence-corrected chi connectivity index (χ4v) is 1.83. The molecule has 0 saturated carbocycles. The van der Waals surface area contributed by atoms with E-state index >= 15 is 0 Å². The van der Waals surface area contributed by atoms with Crippen molar-refractivity contribution in [1.82, 2.24) is 14.9 Å². The van der Waals surface area contributed by atoms with E-state index in [9.17, 15) is 4.79 Å². The molecule has 1 N–H and O–H groups in total. The monoisotopic (exact) mass is 262 g/mol. The lowest BCUT2D eigenvalue weighted by Crippen LogP contribution is -2.29. The van der Waals surface area contributed by atoms with E-state index in [0.29, 0.717) is 31.1 Å². The smallest absolute Gasteiger partial charge is 0.339 e. The van der Waals surface area contributed by atoms with Crippen LogP contribution in [-0.2, 0) is 6.54 Å². The van der Waals surface area contributed by atoms with E-state index in [-0.39, 0.29) is 5.56 Å². The lowest BCUT2D eigenvalue weighted by molar-refractivity contribution is 0.0693. The van der Waals surface area contributed by atoms with Crippen LogP contribution in [0.25, 0.3) is 0 Å². The van der Waals surface area contributed by atoms with Crippen molar-refractivity contribution in [2.24, 2.45) is 5.92 Å². The molecule has 1 heterocycles. The Morgan fingerprint density at radius 2 is 2.32 bits per heavy atom. The highest BCUT2D eigenvalue weighted by atomic mass is 16.4. The number of aromatic carboxylic acids is 1. The van der Waals surface area contributed by atoms with Crippen LogP contribution in [0.4, 0.5) is 0 Å². The summed E-state index contributed by atoms with van der Waals surface area (Å²) in [4.78, 5) is 20.9. The van der Waals surface area contributed by atoms with Gasteiger partial charge >= 0.3 is 5.97 Å². The maximum absolute atomic E-state index is 11.1. The molecule has 0 aliphatic carbocycles. The molecule has 0 saturated heterocycles. The van der Waals surface area contributed by atoms with Gasteiger partial charge in [-0.05, 0) is 5.92 Å². The number of carbonyl (C=O) groups is 1. The summed E-state index contributed by atoms with van der Waals surface area (Å²) >= 11 is 0. The Bertz CT molecular complexity index is 468. The van der Waals surface area contributed by atoms with E-state index < -0.39 is 5.97 Å². The van der Waals surface area contributed by atoms with Crippen LogP contribution in [0.2, 0.25) is 0 Å². The van der Waals surface area contributed by atoms with Gasteiger partial charge in [-0.1, -0.05) is 13.8 Å². The van der Waals surface area contributed by atoms with Gasteiger partial charge in [0, 0.05) is 32.3 Å². The van der Waals surface area contributed by atoms with Crippen LogP contribution < -0.4 is 0 Å². The van der Waals surface area contributed by atoms with Crippen molar-refractivity contribution in [2.45, 2.75) is 26.8 Å². The molecular formula is C13H18N4O2. The number of nitrogens with zero attached hydrogens (tertiary/aromatic N) is 4. The van der Waals surface area contributed by atoms with Crippen LogP contribution in [0.15, 0.2) is 12.5 Å². The number of carboxylic acids is 1. The van der Waals surface area contributed by atoms with Gasteiger partial charge < -0.3 is 5.11 Å². The van der Waals surface area contributed by atoms with Gasteiger partial charge in [-0.3, -0.25) is 4.90 Å².